The highest BCUT2D eigenvalue weighted by Crippen LogP contribution is 2.17. The Hall–Kier alpha value is -2.60. The predicted octanol–water partition coefficient (Wildman–Crippen LogP) is 3.46. The minimum Gasteiger partial charge on any atom is -0.484 e. The molecule has 2 aromatic carbocycles. The molecule has 6 heteroatoms. The van der Waals surface area contributed by atoms with Gasteiger partial charge in [0.05, 0.1) is 6.21 Å². The van der Waals surface area contributed by atoms with Crippen molar-refractivity contribution in [3.63, 3.8) is 0 Å². The largest absolute Gasteiger partial charge is 0.484 e. The van der Waals surface area contributed by atoms with Crippen LogP contribution in [-0.2, 0) is 4.79 Å². The Morgan fingerprint density at radius 3 is 3.00 bits per heavy atom. The molecule has 5 nitrogen and oxygen atoms in total. The summed E-state index contributed by atoms with van der Waals surface area (Å²) < 4.78 is 6.28. The second-order valence-corrected chi connectivity index (χ2v) is 5.74. The molecule has 0 atom stereocenters. The van der Waals surface area contributed by atoms with Crippen LogP contribution in [0.5, 0.6) is 5.75 Å². The summed E-state index contributed by atoms with van der Waals surface area (Å²) in [4.78, 5) is 14.9. The SMILES string of the molecule is O=C(COc1cccc(Br)c1)N/N=C/c1c[nH]c2ccccc12. The maximum Gasteiger partial charge on any atom is 0.277 e. The van der Waals surface area contributed by atoms with E-state index >= 15 is 0 Å². The van der Waals surface area contributed by atoms with Crippen molar-refractivity contribution >= 4 is 39.0 Å². The first kappa shape index (κ1) is 15.3. The van der Waals surface area contributed by atoms with E-state index in [0.717, 1.165) is 20.9 Å². The van der Waals surface area contributed by atoms with E-state index in [1.165, 1.54) is 0 Å². The number of para-hydroxylation sites is 1. The van der Waals surface area contributed by atoms with E-state index in [0.29, 0.717) is 5.75 Å². The van der Waals surface area contributed by atoms with Gasteiger partial charge in [-0.25, -0.2) is 5.43 Å². The molecule has 116 valence electrons. The maximum absolute atomic E-state index is 11.7. The van der Waals surface area contributed by atoms with Crippen molar-refractivity contribution in [2.75, 3.05) is 6.61 Å². The van der Waals surface area contributed by atoms with Crippen LogP contribution in [0.2, 0.25) is 0 Å². The summed E-state index contributed by atoms with van der Waals surface area (Å²) in [7, 11) is 0. The van der Waals surface area contributed by atoms with E-state index < -0.39 is 0 Å². The Labute approximate surface area is 141 Å². The summed E-state index contributed by atoms with van der Waals surface area (Å²) in [5.74, 6) is 0.302. The van der Waals surface area contributed by atoms with Gasteiger partial charge in [-0.3, -0.25) is 4.79 Å². The van der Waals surface area contributed by atoms with E-state index in [2.05, 4.69) is 31.4 Å². The molecule has 3 aromatic rings. The van der Waals surface area contributed by atoms with Crippen molar-refractivity contribution in [3.8, 4) is 5.75 Å². The Bertz CT molecular complexity index is 858. The second kappa shape index (κ2) is 7.11. The molecule has 1 heterocycles. The molecule has 0 radical (unpaired) electrons. The zero-order valence-corrected chi connectivity index (χ0v) is 13.7. The Morgan fingerprint density at radius 2 is 2.13 bits per heavy atom. The molecular weight excluding hydrogens is 358 g/mol. The minimum atomic E-state index is -0.318. The van der Waals surface area contributed by atoms with Gasteiger partial charge in [-0.2, -0.15) is 5.10 Å². The Morgan fingerprint density at radius 1 is 1.26 bits per heavy atom. The third-order valence-corrected chi connectivity index (χ3v) is 3.67. The molecule has 23 heavy (non-hydrogen) atoms. The highest BCUT2D eigenvalue weighted by Gasteiger charge is 2.03. The van der Waals surface area contributed by atoms with Crippen LogP contribution < -0.4 is 10.2 Å². The van der Waals surface area contributed by atoms with Gasteiger partial charge in [0, 0.05) is 27.1 Å². The number of aromatic nitrogens is 1. The van der Waals surface area contributed by atoms with Gasteiger partial charge in [0.1, 0.15) is 5.75 Å². The van der Waals surface area contributed by atoms with E-state index in [4.69, 9.17) is 4.74 Å². The number of halogens is 1. The molecule has 0 saturated heterocycles. The van der Waals surface area contributed by atoms with Crippen molar-refractivity contribution in [3.05, 3.63) is 64.8 Å². The number of ether oxygens (including phenoxy) is 1. The molecule has 0 fully saturated rings. The van der Waals surface area contributed by atoms with Crippen LogP contribution in [0.1, 0.15) is 5.56 Å². The van der Waals surface area contributed by atoms with Gasteiger partial charge in [-0.05, 0) is 24.3 Å². The number of carbonyl (C=O) groups excluding carboxylic acids is 1. The Kier molecular flexibility index (Phi) is 4.73. The van der Waals surface area contributed by atoms with Crippen molar-refractivity contribution in [2.45, 2.75) is 0 Å². The number of amides is 1. The quantitative estimate of drug-likeness (QED) is 0.532. The number of rotatable bonds is 5. The van der Waals surface area contributed by atoms with Crippen molar-refractivity contribution < 1.29 is 9.53 Å². The molecule has 3 rings (SSSR count). The van der Waals surface area contributed by atoms with E-state index in [9.17, 15) is 4.79 Å². The first-order chi connectivity index (χ1) is 11.2. The molecule has 1 amide bonds. The molecular formula is C17H14BrN3O2. The summed E-state index contributed by atoms with van der Waals surface area (Å²) in [6, 6.07) is 15.2. The molecule has 1 aromatic heterocycles. The number of fused-ring (bicyclic) bond motifs is 1. The van der Waals surface area contributed by atoms with Gasteiger partial charge in [0.2, 0.25) is 0 Å². The van der Waals surface area contributed by atoms with Crippen molar-refractivity contribution in [2.24, 2.45) is 5.10 Å². The highest BCUT2D eigenvalue weighted by atomic mass is 79.9. The lowest BCUT2D eigenvalue weighted by atomic mass is 10.2. The van der Waals surface area contributed by atoms with Gasteiger partial charge in [0.15, 0.2) is 6.61 Å². The van der Waals surface area contributed by atoms with E-state index in [1.54, 1.807) is 18.3 Å². The molecule has 0 aliphatic carbocycles. The summed E-state index contributed by atoms with van der Waals surface area (Å²) >= 11 is 3.35. The monoisotopic (exact) mass is 371 g/mol. The van der Waals surface area contributed by atoms with Gasteiger partial charge in [-0.15, -0.1) is 0 Å². The standard InChI is InChI=1S/C17H14BrN3O2/c18-13-4-3-5-14(8-13)23-11-17(22)21-20-10-12-9-19-16-7-2-1-6-15(12)16/h1-10,19H,11H2,(H,21,22)/b20-10+. The molecule has 0 aliphatic heterocycles. The third-order valence-electron chi connectivity index (χ3n) is 3.18. The fourth-order valence-corrected chi connectivity index (χ4v) is 2.49. The normalized spacial score (nSPS) is 11.0. The average molecular weight is 372 g/mol. The van der Waals surface area contributed by atoms with Crippen LogP contribution in [0.4, 0.5) is 0 Å². The summed E-state index contributed by atoms with van der Waals surface area (Å²) in [6.45, 7) is -0.0956. The molecule has 2 N–H and O–H groups in total. The lowest BCUT2D eigenvalue weighted by Crippen LogP contribution is -2.24. The lowest BCUT2D eigenvalue weighted by Gasteiger charge is -2.04. The molecule has 0 saturated carbocycles. The predicted molar refractivity (Wildman–Crippen MR) is 93.7 cm³/mol. The zero-order valence-electron chi connectivity index (χ0n) is 12.1. The number of hydrazone groups is 1. The Balaban J connectivity index is 1.54. The highest BCUT2D eigenvalue weighted by molar-refractivity contribution is 9.10. The first-order valence-corrected chi connectivity index (χ1v) is 7.78. The van der Waals surface area contributed by atoms with Crippen molar-refractivity contribution in [1.29, 1.82) is 0 Å². The molecule has 0 unspecified atom stereocenters. The van der Waals surface area contributed by atoms with Crippen LogP contribution in [0.25, 0.3) is 10.9 Å². The lowest BCUT2D eigenvalue weighted by molar-refractivity contribution is -0.123. The van der Waals surface area contributed by atoms with Crippen LogP contribution in [0.3, 0.4) is 0 Å². The first-order valence-electron chi connectivity index (χ1n) is 6.99. The van der Waals surface area contributed by atoms with Crippen LogP contribution in [0, 0.1) is 0 Å². The topological polar surface area (TPSA) is 66.5 Å². The van der Waals surface area contributed by atoms with Gasteiger partial charge in [-0.1, -0.05) is 40.2 Å². The second-order valence-electron chi connectivity index (χ2n) is 4.83. The molecule has 0 spiro atoms. The number of hydrogen-bond acceptors (Lipinski definition) is 3. The van der Waals surface area contributed by atoms with Gasteiger partial charge in [0.25, 0.3) is 5.91 Å². The number of nitrogens with one attached hydrogen (secondary N) is 2. The van der Waals surface area contributed by atoms with Gasteiger partial charge >= 0.3 is 0 Å². The van der Waals surface area contributed by atoms with E-state index in [-0.39, 0.29) is 12.5 Å². The fraction of sp³-hybridized carbons (Fsp3) is 0.0588. The average Bonchev–Trinajstić information content (AvgIpc) is 2.97. The number of aromatic amines is 1. The smallest absolute Gasteiger partial charge is 0.277 e. The third kappa shape index (κ3) is 3.98. The number of H-pyrrole nitrogens is 1. The fourth-order valence-electron chi connectivity index (χ4n) is 2.11. The van der Waals surface area contributed by atoms with Crippen LogP contribution in [0.15, 0.2) is 64.3 Å². The number of nitrogens with zero attached hydrogens (tertiary/aromatic N) is 1. The van der Waals surface area contributed by atoms with Gasteiger partial charge < -0.3 is 9.72 Å². The van der Waals surface area contributed by atoms with Crippen molar-refractivity contribution in [1.82, 2.24) is 10.4 Å². The summed E-state index contributed by atoms with van der Waals surface area (Å²) in [5, 5.41) is 5.01. The zero-order chi connectivity index (χ0) is 16.1. The molecule has 0 aliphatic rings. The minimum absolute atomic E-state index is 0.0956. The number of hydrogen-bond donors (Lipinski definition) is 2. The summed E-state index contributed by atoms with van der Waals surface area (Å²) in [5.41, 5.74) is 4.39. The molecule has 0 bridgehead atoms. The maximum atomic E-state index is 11.7. The summed E-state index contributed by atoms with van der Waals surface area (Å²) in [6.07, 6.45) is 3.45. The van der Waals surface area contributed by atoms with Crippen LogP contribution in [-0.4, -0.2) is 23.7 Å². The van der Waals surface area contributed by atoms with Crippen LogP contribution >= 0.6 is 15.9 Å². The number of carbonyl (C=O) groups is 1. The number of benzene rings is 2. The van der Waals surface area contributed by atoms with E-state index in [1.807, 2.05) is 42.6 Å².